The molecule has 144 valence electrons. The summed E-state index contributed by atoms with van der Waals surface area (Å²) >= 11 is 0. The second-order valence-electron chi connectivity index (χ2n) is 6.11. The van der Waals surface area contributed by atoms with Gasteiger partial charge in [0, 0.05) is 17.7 Å². The molecule has 1 aromatic heterocycles. The minimum atomic E-state index is -0.567. The third-order valence-corrected chi connectivity index (χ3v) is 4.15. The van der Waals surface area contributed by atoms with E-state index in [0.717, 1.165) is 11.1 Å². The molecule has 8 heteroatoms. The van der Waals surface area contributed by atoms with Gasteiger partial charge in [-0.2, -0.15) is 0 Å². The van der Waals surface area contributed by atoms with Gasteiger partial charge in [-0.15, -0.1) is 0 Å². The highest BCUT2D eigenvalue weighted by Gasteiger charge is 2.17. The van der Waals surface area contributed by atoms with E-state index in [9.17, 15) is 9.59 Å². The fourth-order valence-corrected chi connectivity index (χ4v) is 2.67. The van der Waals surface area contributed by atoms with E-state index in [1.807, 2.05) is 30.3 Å². The highest BCUT2D eigenvalue weighted by Crippen LogP contribution is 2.30. The largest absolute Gasteiger partial charge is 0.354 e. The first kappa shape index (κ1) is 19.1. The molecule has 3 rings (SSSR count). The van der Waals surface area contributed by atoms with Gasteiger partial charge in [0.25, 0.3) is 5.91 Å². The van der Waals surface area contributed by atoms with Crippen molar-refractivity contribution < 1.29 is 19.3 Å². The number of rotatable bonds is 6. The normalized spacial score (nSPS) is 10.4. The van der Waals surface area contributed by atoms with E-state index in [1.54, 1.807) is 36.7 Å². The van der Waals surface area contributed by atoms with Crippen LogP contribution < -0.4 is 16.1 Å². The van der Waals surface area contributed by atoms with Crippen molar-refractivity contribution in [1.82, 2.24) is 16.0 Å². The van der Waals surface area contributed by atoms with Crippen LogP contribution >= 0.6 is 0 Å². The maximum absolute atomic E-state index is 12.2. The molecule has 0 atom stereocenters. The molecule has 0 radical (unpaired) electrons. The van der Waals surface area contributed by atoms with Crippen LogP contribution in [0.25, 0.3) is 11.3 Å². The van der Waals surface area contributed by atoms with Crippen LogP contribution in [0.5, 0.6) is 0 Å². The van der Waals surface area contributed by atoms with Crippen molar-refractivity contribution in [2.45, 2.75) is 13.3 Å². The first-order valence-corrected chi connectivity index (χ1v) is 8.68. The fourth-order valence-electron chi connectivity index (χ4n) is 2.67. The number of carbonyl (C=O) groups excluding carboxylic acids is 2. The summed E-state index contributed by atoms with van der Waals surface area (Å²) in [6.45, 7) is 2.16. The van der Waals surface area contributed by atoms with Crippen molar-refractivity contribution in [3.8, 4) is 11.3 Å². The van der Waals surface area contributed by atoms with E-state index < -0.39 is 5.91 Å². The topological polar surface area (TPSA) is 116 Å². The highest BCUT2D eigenvalue weighted by atomic mass is 16.5. The predicted molar refractivity (Wildman–Crippen MR) is 103 cm³/mol. The van der Waals surface area contributed by atoms with Crippen molar-refractivity contribution in [3.63, 3.8) is 0 Å². The number of aryl methyl sites for hydroxylation is 1. The van der Waals surface area contributed by atoms with E-state index in [4.69, 9.17) is 9.73 Å². The average molecular weight is 380 g/mol. The van der Waals surface area contributed by atoms with Gasteiger partial charge in [-0.3, -0.25) is 10.0 Å². The van der Waals surface area contributed by atoms with Gasteiger partial charge in [0.2, 0.25) is 0 Å². The zero-order valence-electron chi connectivity index (χ0n) is 15.2. The summed E-state index contributed by atoms with van der Waals surface area (Å²) in [5.41, 5.74) is 4.83. The number of aromatic nitrogens is 1. The van der Waals surface area contributed by atoms with E-state index in [0.29, 0.717) is 35.7 Å². The number of urea groups is 1. The van der Waals surface area contributed by atoms with Gasteiger partial charge in [0.1, 0.15) is 11.4 Å². The third-order valence-electron chi connectivity index (χ3n) is 4.15. The SMILES string of the molecule is Cc1noc(-c2ccccc2)c1NC(=O)NCCc1ccc(C(=O)NO)cc1. The Balaban J connectivity index is 1.55. The van der Waals surface area contributed by atoms with Crippen LogP contribution in [0.15, 0.2) is 59.1 Å². The molecule has 4 N–H and O–H groups in total. The number of benzene rings is 2. The van der Waals surface area contributed by atoms with Crippen LogP contribution in [0.3, 0.4) is 0 Å². The van der Waals surface area contributed by atoms with Crippen molar-refractivity contribution >= 4 is 17.6 Å². The Kier molecular flexibility index (Phi) is 6.03. The molecule has 0 saturated carbocycles. The van der Waals surface area contributed by atoms with Gasteiger partial charge in [0.05, 0.1) is 0 Å². The lowest BCUT2D eigenvalue weighted by Gasteiger charge is -2.08. The van der Waals surface area contributed by atoms with Gasteiger partial charge in [0.15, 0.2) is 5.76 Å². The van der Waals surface area contributed by atoms with Gasteiger partial charge in [-0.25, -0.2) is 10.3 Å². The molecule has 1 heterocycles. The van der Waals surface area contributed by atoms with E-state index in [1.165, 1.54) is 0 Å². The van der Waals surface area contributed by atoms with Crippen molar-refractivity contribution in [3.05, 3.63) is 71.4 Å². The minimum absolute atomic E-state index is 0.355. The van der Waals surface area contributed by atoms with E-state index in [-0.39, 0.29) is 6.03 Å². The van der Waals surface area contributed by atoms with Gasteiger partial charge < -0.3 is 15.2 Å². The number of hydrogen-bond donors (Lipinski definition) is 4. The molecular weight excluding hydrogens is 360 g/mol. The molecule has 0 aliphatic carbocycles. The Labute approximate surface area is 161 Å². The number of nitrogens with zero attached hydrogens (tertiary/aromatic N) is 1. The average Bonchev–Trinajstić information content (AvgIpc) is 3.09. The Bertz CT molecular complexity index is 952. The summed E-state index contributed by atoms with van der Waals surface area (Å²) in [6, 6.07) is 15.8. The number of carbonyl (C=O) groups is 2. The third kappa shape index (κ3) is 4.54. The highest BCUT2D eigenvalue weighted by molar-refractivity contribution is 5.94. The van der Waals surface area contributed by atoms with Crippen LogP contribution in [0, 0.1) is 6.92 Å². The second kappa shape index (κ2) is 8.83. The fraction of sp³-hybridized carbons (Fsp3) is 0.150. The van der Waals surface area contributed by atoms with Gasteiger partial charge >= 0.3 is 6.03 Å². The number of hydroxylamine groups is 1. The van der Waals surface area contributed by atoms with Crippen molar-refractivity contribution in [2.24, 2.45) is 0 Å². The Morgan fingerprint density at radius 3 is 2.46 bits per heavy atom. The Morgan fingerprint density at radius 2 is 1.79 bits per heavy atom. The molecule has 0 saturated heterocycles. The molecule has 0 spiro atoms. The molecule has 3 amide bonds. The van der Waals surface area contributed by atoms with E-state index >= 15 is 0 Å². The maximum Gasteiger partial charge on any atom is 0.319 e. The van der Waals surface area contributed by atoms with Gasteiger partial charge in [-0.1, -0.05) is 47.6 Å². The van der Waals surface area contributed by atoms with Crippen molar-refractivity contribution in [2.75, 3.05) is 11.9 Å². The summed E-state index contributed by atoms with van der Waals surface area (Å²) in [7, 11) is 0. The van der Waals surface area contributed by atoms with Crippen LogP contribution in [0.1, 0.15) is 21.6 Å². The molecule has 0 aliphatic heterocycles. The number of anilines is 1. The second-order valence-corrected chi connectivity index (χ2v) is 6.11. The first-order chi connectivity index (χ1) is 13.6. The molecule has 28 heavy (non-hydrogen) atoms. The lowest BCUT2D eigenvalue weighted by Crippen LogP contribution is -2.30. The van der Waals surface area contributed by atoms with Crippen LogP contribution in [0.4, 0.5) is 10.5 Å². The number of hydrogen-bond acceptors (Lipinski definition) is 5. The summed E-state index contributed by atoms with van der Waals surface area (Å²) in [5, 5.41) is 18.1. The number of amides is 3. The molecule has 0 aliphatic rings. The Morgan fingerprint density at radius 1 is 1.07 bits per heavy atom. The predicted octanol–water partition coefficient (Wildman–Crippen LogP) is 3.13. The van der Waals surface area contributed by atoms with Crippen molar-refractivity contribution in [1.29, 1.82) is 0 Å². The molecule has 3 aromatic rings. The maximum atomic E-state index is 12.2. The quantitative estimate of drug-likeness (QED) is 0.387. The minimum Gasteiger partial charge on any atom is -0.354 e. The van der Waals surface area contributed by atoms with Gasteiger partial charge in [-0.05, 0) is 31.0 Å². The summed E-state index contributed by atoms with van der Waals surface area (Å²) in [5.74, 6) is -0.0617. The molecule has 8 nitrogen and oxygen atoms in total. The monoisotopic (exact) mass is 380 g/mol. The standard InChI is InChI=1S/C20H20N4O4/c1-13-17(18(28-24-13)15-5-3-2-4-6-15)22-20(26)21-12-11-14-7-9-16(10-8-14)19(25)23-27/h2-10,27H,11-12H2,1H3,(H,23,25)(H2,21,22,26). The van der Waals surface area contributed by atoms with Crippen LogP contribution in [-0.4, -0.2) is 28.8 Å². The smallest absolute Gasteiger partial charge is 0.319 e. The summed E-state index contributed by atoms with van der Waals surface area (Å²) < 4.78 is 5.35. The molecule has 0 bridgehead atoms. The summed E-state index contributed by atoms with van der Waals surface area (Å²) in [6.07, 6.45) is 0.586. The number of nitrogens with one attached hydrogen (secondary N) is 3. The summed E-state index contributed by atoms with van der Waals surface area (Å²) in [4.78, 5) is 23.5. The molecule has 0 fully saturated rings. The molecular formula is C20H20N4O4. The lowest BCUT2D eigenvalue weighted by atomic mass is 10.1. The zero-order valence-corrected chi connectivity index (χ0v) is 15.2. The molecule has 2 aromatic carbocycles. The first-order valence-electron chi connectivity index (χ1n) is 8.68. The molecule has 0 unspecified atom stereocenters. The van der Waals surface area contributed by atoms with Crippen LogP contribution in [-0.2, 0) is 6.42 Å². The van der Waals surface area contributed by atoms with Crippen LogP contribution in [0.2, 0.25) is 0 Å². The Hall–Kier alpha value is -3.65. The lowest BCUT2D eigenvalue weighted by molar-refractivity contribution is 0.0706. The van der Waals surface area contributed by atoms with E-state index in [2.05, 4.69) is 15.8 Å². The zero-order chi connectivity index (χ0) is 19.9.